The summed E-state index contributed by atoms with van der Waals surface area (Å²) in [6, 6.07) is 4.76. The Labute approximate surface area is 64.1 Å². The van der Waals surface area contributed by atoms with Gasteiger partial charge in [0.1, 0.15) is 5.69 Å². The average molecular weight is 160 g/mol. The van der Waals surface area contributed by atoms with Crippen LogP contribution in [0.25, 0.3) is 0 Å². The SMILES string of the molecule is Cl.O=C(O)c1ccccn1. The summed E-state index contributed by atoms with van der Waals surface area (Å²) in [6.07, 6.45) is 1.45. The first-order valence-electron chi connectivity index (χ1n) is 2.45. The highest BCUT2D eigenvalue weighted by Crippen LogP contribution is 1.90. The van der Waals surface area contributed by atoms with E-state index in [0.29, 0.717) is 0 Å². The fraction of sp³-hybridized carbons (Fsp3) is 0. The van der Waals surface area contributed by atoms with Crippen molar-refractivity contribution in [3.05, 3.63) is 30.1 Å². The second-order valence-electron chi connectivity index (χ2n) is 1.52. The molecule has 0 aliphatic carbocycles. The summed E-state index contributed by atoms with van der Waals surface area (Å²) >= 11 is 0. The van der Waals surface area contributed by atoms with E-state index >= 15 is 0 Å². The number of hydrogen-bond acceptors (Lipinski definition) is 2. The number of carboxylic acid groups (broad SMARTS) is 1. The maximum Gasteiger partial charge on any atom is 0.354 e. The zero-order chi connectivity index (χ0) is 6.69. The number of carbonyl (C=O) groups is 1. The van der Waals surface area contributed by atoms with Crippen molar-refractivity contribution in [3.8, 4) is 0 Å². The van der Waals surface area contributed by atoms with Gasteiger partial charge in [0.05, 0.1) is 0 Å². The highest BCUT2D eigenvalue weighted by molar-refractivity contribution is 5.85. The lowest BCUT2D eigenvalue weighted by Crippen LogP contribution is -1.97. The molecule has 0 saturated heterocycles. The van der Waals surface area contributed by atoms with E-state index in [1.54, 1.807) is 12.1 Å². The monoisotopic (exact) mass is 159 g/mol. The second-order valence-corrected chi connectivity index (χ2v) is 1.52. The summed E-state index contributed by atoms with van der Waals surface area (Å²) < 4.78 is 0. The predicted octanol–water partition coefficient (Wildman–Crippen LogP) is 1.20. The highest BCUT2D eigenvalue weighted by atomic mass is 35.5. The Balaban J connectivity index is 0.000000810. The number of carboxylic acids is 1. The normalized spacial score (nSPS) is 8.00. The van der Waals surface area contributed by atoms with E-state index < -0.39 is 5.97 Å². The third-order valence-corrected chi connectivity index (χ3v) is 0.884. The molecule has 0 bridgehead atoms. The molecule has 0 saturated carbocycles. The van der Waals surface area contributed by atoms with Gasteiger partial charge in [0.25, 0.3) is 0 Å². The smallest absolute Gasteiger partial charge is 0.354 e. The van der Waals surface area contributed by atoms with E-state index in [1.807, 2.05) is 0 Å². The van der Waals surface area contributed by atoms with Crippen molar-refractivity contribution in [1.29, 1.82) is 0 Å². The zero-order valence-corrected chi connectivity index (χ0v) is 5.84. The summed E-state index contributed by atoms with van der Waals surface area (Å²) in [7, 11) is 0. The van der Waals surface area contributed by atoms with Crippen LogP contribution in [0, 0.1) is 0 Å². The standard InChI is InChI=1S/C6H5NO2.ClH/c8-6(9)5-3-1-2-4-7-5;/h1-4H,(H,8,9);1H. The summed E-state index contributed by atoms with van der Waals surface area (Å²) in [5, 5.41) is 8.32. The Morgan fingerprint density at radius 2 is 2.20 bits per heavy atom. The molecule has 1 rings (SSSR count). The third-order valence-electron chi connectivity index (χ3n) is 0.884. The molecule has 3 nitrogen and oxygen atoms in total. The van der Waals surface area contributed by atoms with Gasteiger partial charge < -0.3 is 5.11 Å². The molecule has 0 aromatic carbocycles. The Morgan fingerprint density at radius 3 is 2.50 bits per heavy atom. The molecule has 0 fully saturated rings. The molecule has 10 heavy (non-hydrogen) atoms. The first-order chi connectivity index (χ1) is 4.30. The minimum atomic E-state index is -0.990. The molecule has 54 valence electrons. The molecule has 1 aromatic heterocycles. The van der Waals surface area contributed by atoms with E-state index in [-0.39, 0.29) is 18.1 Å². The molecule has 0 unspecified atom stereocenters. The van der Waals surface area contributed by atoms with Crippen molar-refractivity contribution in [1.82, 2.24) is 4.98 Å². The fourth-order valence-corrected chi connectivity index (χ4v) is 0.489. The van der Waals surface area contributed by atoms with Crippen molar-refractivity contribution >= 4 is 18.4 Å². The van der Waals surface area contributed by atoms with Gasteiger partial charge in [0, 0.05) is 6.20 Å². The first-order valence-corrected chi connectivity index (χ1v) is 2.45. The van der Waals surface area contributed by atoms with Gasteiger partial charge in [0.2, 0.25) is 0 Å². The van der Waals surface area contributed by atoms with Crippen LogP contribution in [0.15, 0.2) is 24.4 Å². The lowest BCUT2D eigenvalue weighted by molar-refractivity contribution is 0.0690. The van der Waals surface area contributed by atoms with Crippen molar-refractivity contribution in [3.63, 3.8) is 0 Å². The average Bonchev–Trinajstić information content (AvgIpc) is 1.90. The summed E-state index contributed by atoms with van der Waals surface area (Å²) in [5.74, 6) is -0.990. The summed E-state index contributed by atoms with van der Waals surface area (Å²) in [4.78, 5) is 13.7. The van der Waals surface area contributed by atoms with Crippen molar-refractivity contribution in [2.24, 2.45) is 0 Å². The van der Waals surface area contributed by atoms with Crippen LogP contribution >= 0.6 is 12.4 Å². The molecule has 1 aromatic rings. The lowest BCUT2D eigenvalue weighted by Gasteiger charge is -1.87. The van der Waals surface area contributed by atoms with Gasteiger partial charge in [-0.1, -0.05) is 6.07 Å². The van der Waals surface area contributed by atoms with Gasteiger partial charge in [0.15, 0.2) is 0 Å². The van der Waals surface area contributed by atoms with Crippen LogP contribution in [-0.4, -0.2) is 16.1 Å². The Morgan fingerprint density at radius 1 is 1.50 bits per heavy atom. The maximum atomic E-state index is 10.1. The van der Waals surface area contributed by atoms with E-state index in [1.165, 1.54) is 12.3 Å². The van der Waals surface area contributed by atoms with Gasteiger partial charge in [-0.3, -0.25) is 0 Å². The topological polar surface area (TPSA) is 50.2 Å². The van der Waals surface area contributed by atoms with Gasteiger partial charge in [-0.2, -0.15) is 0 Å². The number of hydrogen-bond donors (Lipinski definition) is 1. The number of aromatic carboxylic acids is 1. The minimum absolute atomic E-state index is 0. The van der Waals surface area contributed by atoms with Crippen molar-refractivity contribution in [2.45, 2.75) is 0 Å². The molecule has 0 aliphatic heterocycles. The van der Waals surface area contributed by atoms with Crippen LogP contribution < -0.4 is 0 Å². The van der Waals surface area contributed by atoms with Crippen LogP contribution in [0.2, 0.25) is 0 Å². The number of halogens is 1. The van der Waals surface area contributed by atoms with Crippen molar-refractivity contribution < 1.29 is 9.90 Å². The quantitative estimate of drug-likeness (QED) is 0.670. The van der Waals surface area contributed by atoms with Gasteiger partial charge in [-0.25, -0.2) is 9.78 Å². The molecule has 1 heterocycles. The number of pyridine rings is 1. The summed E-state index contributed by atoms with van der Waals surface area (Å²) in [5.41, 5.74) is 0.0810. The van der Waals surface area contributed by atoms with Gasteiger partial charge in [-0.15, -0.1) is 12.4 Å². The number of aromatic nitrogens is 1. The molecular weight excluding hydrogens is 154 g/mol. The van der Waals surface area contributed by atoms with E-state index in [9.17, 15) is 4.79 Å². The van der Waals surface area contributed by atoms with Crippen molar-refractivity contribution in [2.75, 3.05) is 0 Å². The fourth-order valence-electron chi connectivity index (χ4n) is 0.489. The third kappa shape index (κ3) is 2.03. The predicted molar refractivity (Wildman–Crippen MR) is 38.4 cm³/mol. The van der Waals surface area contributed by atoms with Crippen LogP contribution in [0.4, 0.5) is 0 Å². The molecule has 0 atom stereocenters. The Kier molecular flexibility index (Phi) is 3.43. The van der Waals surface area contributed by atoms with Gasteiger partial charge >= 0.3 is 5.97 Å². The van der Waals surface area contributed by atoms with Crippen LogP contribution in [-0.2, 0) is 0 Å². The molecular formula is C6H6ClNO2. The maximum absolute atomic E-state index is 10.1. The van der Waals surface area contributed by atoms with Crippen LogP contribution in [0.3, 0.4) is 0 Å². The van der Waals surface area contributed by atoms with Crippen LogP contribution in [0.1, 0.15) is 10.5 Å². The van der Waals surface area contributed by atoms with E-state index in [4.69, 9.17) is 5.11 Å². The largest absolute Gasteiger partial charge is 0.477 e. The number of rotatable bonds is 1. The van der Waals surface area contributed by atoms with E-state index in [0.717, 1.165) is 0 Å². The Hall–Kier alpha value is -1.09. The number of nitrogens with zero attached hydrogens (tertiary/aromatic N) is 1. The lowest BCUT2D eigenvalue weighted by atomic mass is 10.4. The Bertz CT molecular complexity index is 212. The van der Waals surface area contributed by atoms with E-state index in [2.05, 4.69) is 4.98 Å². The molecule has 0 spiro atoms. The van der Waals surface area contributed by atoms with Gasteiger partial charge in [-0.05, 0) is 12.1 Å². The molecule has 4 heteroatoms. The second kappa shape index (κ2) is 3.85. The molecule has 0 amide bonds. The molecule has 1 N–H and O–H groups in total. The minimum Gasteiger partial charge on any atom is -0.477 e. The zero-order valence-electron chi connectivity index (χ0n) is 5.02. The molecule has 0 aliphatic rings. The van der Waals surface area contributed by atoms with Crippen LogP contribution in [0.5, 0.6) is 0 Å². The highest BCUT2D eigenvalue weighted by Gasteiger charge is 1.98. The molecule has 0 radical (unpaired) electrons. The summed E-state index contributed by atoms with van der Waals surface area (Å²) in [6.45, 7) is 0. The first kappa shape index (κ1) is 8.91.